The van der Waals surface area contributed by atoms with E-state index < -0.39 is 0 Å². The summed E-state index contributed by atoms with van der Waals surface area (Å²) in [6.07, 6.45) is 1.56. The van der Waals surface area contributed by atoms with E-state index in [0.29, 0.717) is 11.5 Å². The van der Waals surface area contributed by atoms with Crippen molar-refractivity contribution in [3.63, 3.8) is 0 Å². The number of aromatic nitrogens is 1. The van der Waals surface area contributed by atoms with Crippen molar-refractivity contribution in [1.82, 2.24) is 10.1 Å². The smallest absolute Gasteiger partial charge is 0.276 e. The second kappa shape index (κ2) is 8.14. The zero-order chi connectivity index (χ0) is 20.2. The molecule has 0 atom stereocenters. The number of carbonyl (C=O) groups is 1. The Labute approximate surface area is 167 Å². The lowest BCUT2D eigenvalue weighted by molar-refractivity contribution is 0.0707. The number of aryl methyl sites for hydroxylation is 1. The van der Waals surface area contributed by atoms with Crippen LogP contribution in [0, 0.1) is 12.7 Å². The van der Waals surface area contributed by atoms with Crippen LogP contribution in [-0.4, -0.2) is 16.0 Å². The van der Waals surface area contributed by atoms with Crippen molar-refractivity contribution in [2.75, 3.05) is 0 Å². The first-order chi connectivity index (χ1) is 14.1. The number of furan rings is 1. The quantitative estimate of drug-likeness (QED) is 0.453. The highest BCUT2D eigenvalue weighted by molar-refractivity contribution is 5.93. The predicted octanol–water partition coefficient (Wildman–Crippen LogP) is 5.22. The van der Waals surface area contributed by atoms with Crippen LogP contribution in [0.1, 0.15) is 27.4 Å². The van der Waals surface area contributed by atoms with Gasteiger partial charge in [-0.25, -0.2) is 4.39 Å². The van der Waals surface area contributed by atoms with Gasteiger partial charge in [-0.2, -0.15) is 0 Å². The molecule has 0 bridgehead atoms. The van der Waals surface area contributed by atoms with Gasteiger partial charge in [0.1, 0.15) is 11.6 Å². The fourth-order valence-corrected chi connectivity index (χ4v) is 2.99. The molecule has 5 nitrogen and oxygen atoms in total. The summed E-state index contributed by atoms with van der Waals surface area (Å²) in [5.41, 5.74) is 2.98. The van der Waals surface area contributed by atoms with Crippen LogP contribution in [0.5, 0.6) is 0 Å². The lowest BCUT2D eigenvalue weighted by Crippen LogP contribution is -2.30. The Morgan fingerprint density at radius 1 is 1.03 bits per heavy atom. The fraction of sp³-hybridized carbons (Fsp3) is 0.130. The van der Waals surface area contributed by atoms with Crippen molar-refractivity contribution in [3.05, 3.63) is 101 Å². The summed E-state index contributed by atoms with van der Waals surface area (Å²) in [7, 11) is 0. The molecule has 4 rings (SSSR count). The van der Waals surface area contributed by atoms with Crippen molar-refractivity contribution in [2.45, 2.75) is 20.0 Å². The third-order valence-corrected chi connectivity index (χ3v) is 4.57. The van der Waals surface area contributed by atoms with E-state index >= 15 is 0 Å². The molecule has 0 fully saturated rings. The molecule has 0 radical (unpaired) electrons. The van der Waals surface area contributed by atoms with Gasteiger partial charge in [0.2, 0.25) is 0 Å². The van der Waals surface area contributed by atoms with Crippen LogP contribution in [0.15, 0.2) is 81.9 Å². The van der Waals surface area contributed by atoms with Crippen molar-refractivity contribution in [1.29, 1.82) is 0 Å². The second-order valence-corrected chi connectivity index (χ2v) is 6.81. The monoisotopic (exact) mass is 390 g/mol. The topological polar surface area (TPSA) is 59.5 Å². The fourth-order valence-electron chi connectivity index (χ4n) is 2.99. The molecule has 1 amide bonds. The largest absolute Gasteiger partial charge is 0.467 e. The molecule has 0 aliphatic heterocycles. The zero-order valence-corrected chi connectivity index (χ0v) is 15.8. The van der Waals surface area contributed by atoms with Crippen LogP contribution >= 0.6 is 0 Å². The minimum absolute atomic E-state index is 0.203. The first kappa shape index (κ1) is 18.7. The molecule has 2 heterocycles. The van der Waals surface area contributed by atoms with E-state index in [1.54, 1.807) is 41.5 Å². The van der Waals surface area contributed by atoms with Crippen molar-refractivity contribution >= 4 is 5.91 Å². The average Bonchev–Trinajstić information content (AvgIpc) is 3.41. The molecule has 2 aromatic heterocycles. The van der Waals surface area contributed by atoms with Gasteiger partial charge in [-0.1, -0.05) is 47.1 Å². The highest BCUT2D eigenvalue weighted by Gasteiger charge is 2.22. The van der Waals surface area contributed by atoms with Gasteiger partial charge in [-0.15, -0.1) is 0 Å². The standard InChI is InChI=1S/C23H19FN2O3/c1-16-4-8-18(9-5-16)22-13-21(25-29-22)23(27)26(15-20-3-2-12-28-20)14-17-6-10-19(24)11-7-17/h2-13H,14-15H2,1H3. The van der Waals surface area contributed by atoms with Gasteiger partial charge in [-0.3, -0.25) is 4.79 Å². The number of hydrogen-bond donors (Lipinski definition) is 0. The average molecular weight is 390 g/mol. The summed E-state index contributed by atoms with van der Waals surface area (Å²) in [5, 5.41) is 3.96. The molecule has 0 aliphatic carbocycles. The summed E-state index contributed by atoms with van der Waals surface area (Å²) >= 11 is 0. The normalized spacial score (nSPS) is 10.8. The Hall–Kier alpha value is -3.67. The maximum atomic E-state index is 13.2. The Balaban J connectivity index is 1.58. The summed E-state index contributed by atoms with van der Waals surface area (Å²) in [6, 6.07) is 19.0. The lowest BCUT2D eigenvalue weighted by Gasteiger charge is -2.20. The molecular formula is C23H19FN2O3. The van der Waals surface area contributed by atoms with Gasteiger partial charge in [0, 0.05) is 18.2 Å². The molecule has 0 unspecified atom stereocenters. The number of amides is 1. The Morgan fingerprint density at radius 3 is 2.48 bits per heavy atom. The van der Waals surface area contributed by atoms with E-state index in [4.69, 9.17) is 8.94 Å². The molecule has 2 aromatic carbocycles. The summed E-state index contributed by atoms with van der Waals surface area (Å²) in [6.45, 7) is 2.55. The van der Waals surface area contributed by atoms with Gasteiger partial charge >= 0.3 is 0 Å². The first-order valence-electron chi connectivity index (χ1n) is 9.18. The molecule has 0 N–H and O–H groups in total. The molecular weight excluding hydrogens is 371 g/mol. The lowest BCUT2D eigenvalue weighted by atomic mass is 10.1. The van der Waals surface area contributed by atoms with E-state index in [9.17, 15) is 9.18 Å². The van der Waals surface area contributed by atoms with Crippen LogP contribution < -0.4 is 0 Å². The van der Waals surface area contributed by atoms with Gasteiger partial charge in [0.25, 0.3) is 5.91 Å². The van der Waals surface area contributed by atoms with Crippen molar-refractivity contribution in [3.8, 4) is 11.3 Å². The van der Waals surface area contributed by atoms with E-state index in [1.165, 1.54) is 12.1 Å². The van der Waals surface area contributed by atoms with Gasteiger partial charge in [-0.05, 0) is 36.8 Å². The van der Waals surface area contributed by atoms with Gasteiger partial charge in [0.15, 0.2) is 11.5 Å². The summed E-state index contributed by atoms with van der Waals surface area (Å²) in [4.78, 5) is 14.7. The molecule has 146 valence electrons. The number of rotatable bonds is 6. The van der Waals surface area contributed by atoms with Crippen LogP contribution in [-0.2, 0) is 13.1 Å². The van der Waals surface area contributed by atoms with E-state index in [0.717, 1.165) is 16.7 Å². The maximum absolute atomic E-state index is 13.2. The minimum Gasteiger partial charge on any atom is -0.467 e. The number of hydrogen-bond acceptors (Lipinski definition) is 4. The number of halogens is 1. The molecule has 0 spiro atoms. The summed E-state index contributed by atoms with van der Waals surface area (Å²) < 4.78 is 24.0. The molecule has 6 heteroatoms. The minimum atomic E-state index is -0.322. The third kappa shape index (κ3) is 4.43. The van der Waals surface area contributed by atoms with Gasteiger partial charge in [0.05, 0.1) is 12.8 Å². The predicted molar refractivity (Wildman–Crippen MR) is 105 cm³/mol. The van der Waals surface area contributed by atoms with Crippen LogP contribution in [0.3, 0.4) is 0 Å². The van der Waals surface area contributed by atoms with E-state index in [1.807, 2.05) is 31.2 Å². The zero-order valence-electron chi connectivity index (χ0n) is 15.8. The Bertz CT molecular complexity index is 1080. The third-order valence-electron chi connectivity index (χ3n) is 4.57. The van der Waals surface area contributed by atoms with E-state index in [2.05, 4.69) is 5.16 Å². The number of benzene rings is 2. The first-order valence-corrected chi connectivity index (χ1v) is 9.18. The SMILES string of the molecule is Cc1ccc(-c2cc(C(=O)N(Cc3ccc(F)cc3)Cc3ccco3)no2)cc1. The molecule has 0 saturated heterocycles. The number of carbonyl (C=O) groups excluding carboxylic acids is 1. The van der Waals surface area contributed by atoms with E-state index in [-0.39, 0.29) is 30.5 Å². The molecule has 0 aliphatic rings. The van der Waals surface area contributed by atoms with Gasteiger partial charge < -0.3 is 13.8 Å². The maximum Gasteiger partial charge on any atom is 0.276 e. The Kier molecular flexibility index (Phi) is 5.24. The van der Waals surface area contributed by atoms with Crippen LogP contribution in [0.4, 0.5) is 4.39 Å². The molecule has 4 aromatic rings. The molecule has 0 saturated carbocycles. The van der Waals surface area contributed by atoms with Crippen molar-refractivity contribution in [2.24, 2.45) is 0 Å². The number of nitrogens with zero attached hydrogens (tertiary/aromatic N) is 2. The van der Waals surface area contributed by atoms with Crippen LogP contribution in [0.2, 0.25) is 0 Å². The van der Waals surface area contributed by atoms with Crippen LogP contribution in [0.25, 0.3) is 11.3 Å². The molecule has 29 heavy (non-hydrogen) atoms. The highest BCUT2D eigenvalue weighted by Crippen LogP contribution is 2.22. The highest BCUT2D eigenvalue weighted by atomic mass is 19.1. The summed E-state index contributed by atoms with van der Waals surface area (Å²) in [5.74, 6) is 0.542. The Morgan fingerprint density at radius 2 is 1.79 bits per heavy atom. The second-order valence-electron chi connectivity index (χ2n) is 6.81. The van der Waals surface area contributed by atoms with Crippen molar-refractivity contribution < 1.29 is 18.1 Å².